The first-order valence-electron chi connectivity index (χ1n) is 5.26. The number of carboxylic acid groups (broad SMARTS) is 1. The second-order valence-corrected chi connectivity index (χ2v) is 3.62. The van der Waals surface area contributed by atoms with Crippen LogP contribution in [0.3, 0.4) is 0 Å². The van der Waals surface area contributed by atoms with E-state index < -0.39 is 22.5 Å². The molecule has 1 heterocycles. The molecular weight excluding hydrogens is 270 g/mol. The van der Waals surface area contributed by atoms with Crippen molar-refractivity contribution in [3.05, 3.63) is 57.8 Å². The van der Waals surface area contributed by atoms with Crippen molar-refractivity contribution >= 4 is 17.6 Å². The lowest BCUT2D eigenvalue weighted by atomic mass is 10.1. The Morgan fingerprint density at radius 2 is 2.05 bits per heavy atom. The molecule has 8 heteroatoms. The van der Waals surface area contributed by atoms with Crippen molar-refractivity contribution in [2.24, 2.45) is 0 Å². The second-order valence-electron chi connectivity index (χ2n) is 3.62. The molecule has 0 aliphatic heterocycles. The van der Waals surface area contributed by atoms with E-state index in [4.69, 9.17) is 14.3 Å². The van der Waals surface area contributed by atoms with Gasteiger partial charge in [0, 0.05) is 12.1 Å². The maximum atomic E-state index is 11.8. The molecule has 0 aliphatic rings. The smallest absolute Gasteiger partial charge is 0.352 e. The average molecular weight is 277 g/mol. The molecule has 1 aromatic carbocycles. The van der Waals surface area contributed by atoms with Gasteiger partial charge in [0.15, 0.2) is 0 Å². The molecule has 0 radical (unpaired) electrons. The highest BCUT2D eigenvalue weighted by Crippen LogP contribution is 2.22. The van der Waals surface area contributed by atoms with Crippen LogP contribution in [0.15, 0.2) is 41.0 Å². The van der Waals surface area contributed by atoms with E-state index in [2.05, 4.69) is 0 Å². The molecule has 0 amide bonds. The van der Waals surface area contributed by atoms with Crippen molar-refractivity contribution in [1.82, 2.24) is 0 Å². The largest absolute Gasteiger partial charge is 0.478 e. The van der Waals surface area contributed by atoms with E-state index in [-0.39, 0.29) is 17.1 Å². The molecule has 1 aromatic heterocycles. The minimum atomic E-state index is -1.33. The molecule has 0 atom stereocenters. The van der Waals surface area contributed by atoms with E-state index in [1.165, 1.54) is 18.4 Å². The third kappa shape index (κ3) is 2.64. The van der Waals surface area contributed by atoms with Gasteiger partial charge in [0.2, 0.25) is 0 Å². The number of aromatic carboxylic acids is 1. The van der Waals surface area contributed by atoms with E-state index in [0.29, 0.717) is 0 Å². The number of benzene rings is 1. The third-order valence-electron chi connectivity index (χ3n) is 2.35. The van der Waals surface area contributed by atoms with Crippen LogP contribution in [0.1, 0.15) is 20.7 Å². The first kappa shape index (κ1) is 13.3. The number of rotatable bonds is 4. The molecule has 20 heavy (non-hydrogen) atoms. The fourth-order valence-electron chi connectivity index (χ4n) is 1.46. The van der Waals surface area contributed by atoms with Crippen LogP contribution in [0.5, 0.6) is 5.95 Å². The Morgan fingerprint density at radius 3 is 2.60 bits per heavy atom. The molecule has 0 bridgehead atoms. The maximum absolute atomic E-state index is 11.8. The van der Waals surface area contributed by atoms with Gasteiger partial charge in [-0.1, -0.05) is 0 Å². The highest BCUT2D eigenvalue weighted by atomic mass is 16.6. The number of furan rings is 1. The zero-order chi connectivity index (χ0) is 14.7. The summed E-state index contributed by atoms with van der Waals surface area (Å²) in [6.45, 7) is 0. The molecule has 0 saturated carbocycles. The van der Waals surface area contributed by atoms with Crippen LogP contribution in [-0.4, -0.2) is 22.0 Å². The van der Waals surface area contributed by atoms with Gasteiger partial charge in [-0.15, -0.1) is 0 Å². The Kier molecular flexibility index (Phi) is 3.47. The number of ether oxygens (including phenoxy) is 1. The van der Waals surface area contributed by atoms with Crippen molar-refractivity contribution < 1.29 is 28.8 Å². The van der Waals surface area contributed by atoms with Crippen molar-refractivity contribution in [3.8, 4) is 5.95 Å². The summed E-state index contributed by atoms with van der Waals surface area (Å²) < 4.78 is 9.56. The molecule has 0 spiro atoms. The van der Waals surface area contributed by atoms with E-state index in [1.54, 1.807) is 0 Å². The number of nitrogens with zero attached hydrogens (tertiary/aromatic N) is 1. The van der Waals surface area contributed by atoms with E-state index >= 15 is 0 Å². The van der Waals surface area contributed by atoms with Gasteiger partial charge >= 0.3 is 11.9 Å². The number of hydrogen-bond donors (Lipinski definition) is 1. The summed E-state index contributed by atoms with van der Waals surface area (Å²) in [6.07, 6.45) is 1.27. The van der Waals surface area contributed by atoms with Crippen LogP contribution in [0.4, 0.5) is 5.69 Å². The van der Waals surface area contributed by atoms with E-state index in [1.807, 2.05) is 0 Å². The summed E-state index contributed by atoms with van der Waals surface area (Å²) in [5.74, 6) is -2.46. The second kappa shape index (κ2) is 5.22. The van der Waals surface area contributed by atoms with Gasteiger partial charge in [-0.25, -0.2) is 9.59 Å². The van der Waals surface area contributed by atoms with Gasteiger partial charge in [0.25, 0.3) is 11.6 Å². The molecule has 0 fully saturated rings. The molecule has 1 N–H and O–H groups in total. The normalized spacial score (nSPS) is 10.0. The van der Waals surface area contributed by atoms with E-state index in [9.17, 15) is 19.7 Å². The summed E-state index contributed by atoms with van der Waals surface area (Å²) in [5.41, 5.74) is -1.32. The first-order valence-corrected chi connectivity index (χ1v) is 5.26. The SMILES string of the molecule is O=C(O)c1ccc(C(=O)Oc2ccco2)c([N+](=O)[O-])c1. The van der Waals surface area contributed by atoms with Gasteiger partial charge in [-0.3, -0.25) is 10.1 Å². The fraction of sp³-hybridized carbons (Fsp3) is 0. The standard InChI is InChI=1S/C12H7NO7/c14-11(15)7-3-4-8(9(6-7)13(17)18)12(16)20-10-2-1-5-19-10/h1-6H,(H,14,15). The molecule has 2 aromatic rings. The number of nitro benzene ring substituents is 1. The number of hydrogen-bond acceptors (Lipinski definition) is 6. The van der Waals surface area contributed by atoms with Gasteiger partial charge in [0.05, 0.1) is 16.7 Å². The minimum Gasteiger partial charge on any atom is -0.478 e. The van der Waals surface area contributed by atoms with Crippen LogP contribution < -0.4 is 4.74 Å². The molecule has 102 valence electrons. The van der Waals surface area contributed by atoms with Crippen molar-refractivity contribution in [2.75, 3.05) is 0 Å². The monoisotopic (exact) mass is 277 g/mol. The van der Waals surface area contributed by atoms with Gasteiger partial charge in [0.1, 0.15) is 5.56 Å². The van der Waals surface area contributed by atoms with Crippen LogP contribution >= 0.6 is 0 Å². The summed E-state index contributed by atoms with van der Waals surface area (Å²) in [5, 5.41) is 19.7. The quantitative estimate of drug-likeness (QED) is 0.516. The Labute approximate surface area is 111 Å². The van der Waals surface area contributed by atoms with Crippen LogP contribution in [0.25, 0.3) is 0 Å². The zero-order valence-electron chi connectivity index (χ0n) is 9.81. The fourth-order valence-corrected chi connectivity index (χ4v) is 1.46. The number of carbonyl (C=O) groups excluding carboxylic acids is 1. The maximum Gasteiger partial charge on any atom is 0.352 e. The molecule has 0 saturated heterocycles. The van der Waals surface area contributed by atoms with Crippen LogP contribution in [0.2, 0.25) is 0 Å². The zero-order valence-corrected chi connectivity index (χ0v) is 9.81. The topological polar surface area (TPSA) is 120 Å². The van der Waals surface area contributed by atoms with Gasteiger partial charge in [-0.2, -0.15) is 0 Å². The van der Waals surface area contributed by atoms with Crippen molar-refractivity contribution in [3.63, 3.8) is 0 Å². The Bertz CT molecular complexity index is 675. The lowest BCUT2D eigenvalue weighted by Gasteiger charge is -2.03. The Balaban J connectivity index is 2.37. The third-order valence-corrected chi connectivity index (χ3v) is 2.35. The van der Waals surface area contributed by atoms with Gasteiger partial charge < -0.3 is 14.3 Å². The van der Waals surface area contributed by atoms with Crippen molar-refractivity contribution in [1.29, 1.82) is 0 Å². The Hall–Kier alpha value is -3.16. The highest BCUT2D eigenvalue weighted by Gasteiger charge is 2.24. The molecule has 0 unspecified atom stereocenters. The van der Waals surface area contributed by atoms with Crippen molar-refractivity contribution in [2.45, 2.75) is 0 Å². The summed E-state index contributed by atoms with van der Waals surface area (Å²) in [7, 11) is 0. The average Bonchev–Trinajstić information content (AvgIpc) is 2.90. The minimum absolute atomic E-state index is 0.119. The molecule has 8 nitrogen and oxygen atoms in total. The number of carbonyl (C=O) groups is 2. The highest BCUT2D eigenvalue weighted by molar-refractivity contribution is 5.97. The first-order chi connectivity index (χ1) is 9.49. The summed E-state index contributed by atoms with van der Waals surface area (Å²) in [6, 6.07) is 5.72. The number of carboxylic acids is 1. The molecule has 0 aliphatic carbocycles. The van der Waals surface area contributed by atoms with Crippen LogP contribution in [0, 0.1) is 10.1 Å². The number of nitro groups is 1. The molecule has 2 rings (SSSR count). The van der Waals surface area contributed by atoms with Gasteiger partial charge in [-0.05, 0) is 18.2 Å². The van der Waals surface area contributed by atoms with Crippen LogP contribution in [-0.2, 0) is 0 Å². The predicted octanol–water partition coefficient (Wildman–Crippen LogP) is 2.11. The van der Waals surface area contributed by atoms with E-state index in [0.717, 1.165) is 18.2 Å². The Morgan fingerprint density at radius 1 is 1.30 bits per heavy atom. The molecular formula is C12H7NO7. The summed E-state index contributed by atoms with van der Waals surface area (Å²) >= 11 is 0. The number of esters is 1. The summed E-state index contributed by atoms with van der Waals surface area (Å²) in [4.78, 5) is 32.6. The lowest BCUT2D eigenvalue weighted by Crippen LogP contribution is -2.11. The predicted molar refractivity (Wildman–Crippen MR) is 63.7 cm³/mol. The lowest BCUT2D eigenvalue weighted by molar-refractivity contribution is -0.385.